The number of ether oxygens (including phenoxy) is 3. The van der Waals surface area contributed by atoms with Crippen molar-refractivity contribution in [2.75, 3.05) is 7.11 Å². The molecule has 0 bridgehead atoms. The summed E-state index contributed by atoms with van der Waals surface area (Å²) < 4.78 is 15.8. The van der Waals surface area contributed by atoms with E-state index in [0.717, 1.165) is 28.3 Å². The SMILES string of the molecule is C=CC(=O)Oc1c2c(c(OC(=O)OC)c3cc(C)ccc13)CC=C(C)C2. The number of hydrogen-bond acceptors (Lipinski definition) is 5. The van der Waals surface area contributed by atoms with Gasteiger partial charge in [0.2, 0.25) is 0 Å². The average Bonchev–Trinajstić information content (AvgIpc) is 2.63. The van der Waals surface area contributed by atoms with Crippen LogP contribution in [0, 0.1) is 6.92 Å². The number of methoxy groups -OCH3 is 1. The Labute approximate surface area is 151 Å². The lowest BCUT2D eigenvalue weighted by Gasteiger charge is -2.23. The lowest BCUT2D eigenvalue weighted by molar-refractivity contribution is -0.128. The molecule has 0 amide bonds. The number of hydrogen-bond donors (Lipinski definition) is 0. The third kappa shape index (κ3) is 3.20. The highest BCUT2D eigenvalue weighted by molar-refractivity contribution is 6.00. The Morgan fingerprint density at radius 1 is 1.08 bits per heavy atom. The van der Waals surface area contributed by atoms with E-state index >= 15 is 0 Å². The molecule has 5 heteroatoms. The normalized spacial score (nSPS) is 12.8. The molecule has 5 nitrogen and oxygen atoms in total. The molecular formula is C21H20O5. The summed E-state index contributed by atoms with van der Waals surface area (Å²) in [6.07, 6.45) is 3.62. The van der Waals surface area contributed by atoms with E-state index in [4.69, 9.17) is 9.47 Å². The maximum absolute atomic E-state index is 11.9. The average molecular weight is 352 g/mol. The highest BCUT2D eigenvalue weighted by Gasteiger charge is 2.26. The number of carbonyl (C=O) groups is 2. The van der Waals surface area contributed by atoms with E-state index < -0.39 is 12.1 Å². The van der Waals surface area contributed by atoms with Crippen molar-refractivity contribution in [2.24, 2.45) is 0 Å². The molecule has 0 heterocycles. The summed E-state index contributed by atoms with van der Waals surface area (Å²) in [4.78, 5) is 23.7. The van der Waals surface area contributed by atoms with E-state index in [1.165, 1.54) is 7.11 Å². The van der Waals surface area contributed by atoms with Crippen molar-refractivity contribution in [3.8, 4) is 11.5 Å². The monoisotopic (exact) mass is 352 g/mol. The predicted molar refractivity (Wildman–Crippen MR) is 98.7 cm³/mol. The van der Waals surface area contributed by atoms with E-state index in [9.17, 15) is 9.59 Å². The summed E-state index contributed by atoms with van der Waals surface area (Å²) in [5.74, 6) is 0.417. The van der Waals surface area contributed by atoms with Gasteiger partial charge in [-0.25, -0.2) is 9.59 Å². The second kappa shape index (κ2) is 7.04. The fourth-order valence-electron chi connectivity index (χ4n) is 3.17. The first-order valence-corrected chi connectivity index (χ1v) is 8.28. The van der Waals surface area contributed by atoms with Crippen molar-refractivity contribution in [1.82, 2.24) is 0 Å². The van der Waals surface area contributed by atoms with Crippen LogP contribution in [0.2, 0.25) is 0 Å². The Kier molecular flexibility index (Phi) is 4.80. The van der Waals surface area contributed by atoms with Crippen LogP contribution in [0.15, 0.2) is 42.5 Å². The van der Waals surface area contributed by atoms with Crippen molar-refractivity contribution in [3.05, 3.63) is 59.2 Å². The molecule has 0 aliphatic heterocycles. The van der Waals surface area contributed by atoms with Gasteiger partial charge < -0.3 is 14.2 Å². The minimum Gasteiger partial charge on any atom is -0.437 e. The zero-order chi connectivity index (χ0) is 18.8. The first kappa shape index (κ1) is 17.7. The van der Waals surface area contributed by atoms with Crippen LogP contribution < -0.4 is 9.47 Å². The van der Waals surface area contributed by atoms with Gasteiger partial charge in [-0.05, 0) is 32.8 Å². The third-order valence-corrected chi connectivity index (χ3v) is 4.41. The molecule has 0 spiro atoms. The van der Waals surface area contributed by atoms with E-state index in [0.29, 0.717) is 35.1 Å². The Morgan fingerprint density at radius 2 is 1.81 bits per heavy atom. The highest BCUT2D eigenvalue weighted by Crippen LogP contribution is 2.44. The van der Waals surface area contributed by atoms with Crippen molar-refractivity contribution >= 4 is 22.9 Å². The highest BCUT2D eigenvalue weighted by atomic mass is 16.7. The van der Waals surface area contributed by atoms with Gasteiger partial charge in [0.25, 0.3) is 0 Å². The molecule has 2 aromatic carbocycles. The lowest BCUT2D eigenvalue weighted by atomic mass is 9.87. The van der Waals surface area contributed by atoms with Crippen LogP contribution in [0.5, 0.6) is 11.5 Å². The Balaban J connectivity index is 2.34. The number of aryl methyl sites for hydroxylation is 1. The first-order valence-electron chi connectivity index (χ1n) is 8.28. The van der Waals surface area contributed by atoms with Crippen LogP contribution in [0.3, 0.4) is 0 Å². The van der Waals surface area contributed by atoms with E-state index in [1.807, 2.05) is 32.0 Å². The van der Waals surface area contributed by atoms with Gasteiger partial charge in [-0.2, -0.15) is 0 Å². The van der Waals surface area contributed by atoms with Crippen LogP contribution in [0.4, 0.5) is 4.79 Å². The molecule has 0 N–H and O–H groups in total. The predicted octanol–water partition coefficient (Wildman–Crippen LogP) is 4.43. The van der Waals surface area contributed by atoms with Crippen LogP contribution in [0.25, 0.3) is 10.8 Å². The molecule has 0 saturated heterocycles. The van der Waals surface area contributed by atoms with Gasteiger partial charge in [-0.1, -0.05) is 35.9 Å². The lowest BCUT2D eigenvalue weighted by Crippen LogP contribution is -2.15. The number of allylic oxidation sites excluding steroid dienone is 2. The summed E-state index contributed by atoms with van der Waals surface area (Å²) in [5.41, 5.74) is 3.82. The smallest absolute Gasteiger partial charge is 0.437 e. The molecule has 0 radical (unpaired) electrons. The van der Waals surface area contributed by atoms with E-state index in [2.05, 4.69) is 17.4 Å². The third-order valence-electron chi connectivity index (χ3n) is 4.41. The standard InChI is InChI=1S/C21H20O5/c1-5-18(22)25-19-14-8-6-13(3)11-17(14)20(26-21(23)24-4)15-9-7-12(2)10-16(15)19/h5-8,11H,1,9-10H2,2-4H3. The number of rotatable bonds is 3. The van der Waals surface area contributed by atoms with Gasteiger partial charge in [0.15, 0.2) is 0 Å². The van der Waals surface area contributed by atoms with Gasteiger partial charge in [0.05, 0.1) is 7.11 Å². The van der Waals surface area contributed by atoms with Gasteiger partial charge in [0.1, 0.15) is 11.5 Å². The van der Waals surface area contributed by atoms with E-state index in [-0.39, 0.29) is 0 Å². The summed E-state index contributed by atoms with van der Waals surface area (Å²) in [6, 6.07) is 5.70. The second-order valence-electron chi connectivity index (χ2n) is 6.28. The summed E-state index contributed by atoms with van der Waals surface area (Å²) in [5, 5.41) is 1.41. The van der Waals surface area contributed by atoms with Gasteiger partial charge in [-0.3, -0.25) is 0 Å². The molecule has 0 atom stereocenters. The van der Waals surface area contributed by atoms with Crippen LogP contribution in [-0.2, 0) is 22.4 Å². The molecule has 1 aliphatic rings. The van der Waals surface area contributed by atoms with Crippen molar-refractivity contribution < 1.29 is 23.8 Å². The first-order chi connectivity index (χ1) is 12.4. The molecule has 134 valence electrons. The fraction of sp³-hybridized carbons (Fsp3) is 0.238. The number of esters is 1. The fourth-order valence-corrected chi connectivity index (χ4v) is 3.17. The molecular weight excluding hydrogens is 332 g/mol. The largest absolute Gasteiger partial charge is 0.513 e. The summed E-state index contributed by atoms with van der Waals surface area (Å²) >= 11 is 0. The topological polar surface area (TPSA) is 61.8 Å². The van der Waals surface area contributed by atoms with Gasteiger partial charge >= 0.3 is 12.1 Å². The van der Waals surface area contributed by atoms with Crippen molar-refractivity contribution in [2.45, 2.75) is 26.7 Å². The number of fused-ring (bicyclic) bond motifs is 2. The summed E-state index contributed by atoms with van der Waals surface area (Å²) in [6.45, 7) is 7.43. The zero-order valence-corrected chi connectivity index (χ0v) is 15.0. The summed E-state index contributed by atoms with van der Waals surface area (Å²) in [7, 11) is 1.27. The van der Waals surface area contributed by atoms with Crippen molar-refractivity contribution in [3.63, 3.8) is 0 Å². The zero-order valence-electron chi connectivity index (χ0n) is 15.0. The van der Waals surface area contributed by atoms with Crippen LogP contribution in [-0.4, -0.2) is 19.2 Å². The Morgan fingerprint density at radius 3 is 2.50 bits per heavy atom. The minimum atomic E-state index is -0.780. The maximum Gasteiger partial charge on any atom is 0.513 e. The molecule has 26 heavy (non-hydrogen) atoms. The number of carbonyl (C=O) groups excluding carboxylic acids is 2. The quantitative estimate of drug-likeness (QED) is 0.269. The maximum atomic E-state index is 11.9. The minimum absolute atomic E-state index is 0.452. The molecule has 3 rings (SSSR count). The van der Waals surface area contributed by atoms with Crippen LogP contribution in [0.1, 0.15) is 23.6 Å². The molecule has 0 saturated carbocycles. The van der Waals surface area contributed by atoms with Crippen LogP contribution >= 0.6 is 0 Å². The van der Waals surface area contributed by atoms with E-state index in [1.54, 1.807) is 0 Å². The molecule has 2 aromatic rings. The molecule has 0 unspecified atom stereocenters. The Hall–Kier alpha value is -3.08. The molecule has 0 fully saturated rings. The molecule has 1 aliphatic carbocycles. The molecule has 0 aromatic heterocycles. The van der Waals surface area contributed by atoms with Gasteiger partial charge in [0, 0.05) is 28.0 Å². The second-order valence-corrected chi connectivity index (χ2v) is 6.28. The Bertz CT molecular complexity index is 953. The van der Waals surface area contributed by atoms with Crippen molar-refractivity contribution in [1.29, 1.82) is 0 Å². The van der Waals surface area contributed by atoms with Gasteiger partial charge in [-0.15, -0.1) is 0 Å². The number of benzene rings is 2.